The molecule has 13 heteroatoms. The molecule has 2 N–H and O–H groups in total. The Labute approximate surface area is 236 Å². The van der Waals surface area contributed by atoms with Crippen molar-refractivity contribution in [1.82, 2.24) is 24.4 Å². The molecule has 41 heavy (non-hydrogen) atoms. The van der Waals surface area contributed by atoms with Crippen LogP contribution in [0, 0.1) is 6.92 Å². The van der Waals surface area contributed by atoms with Gasteiger partial charge in [-0.25, -0.2) is 14.5 Å². The summed E-state index contributed by atoms with van der Waals surface area (Å²) in [5, 5.41) is 6.49. The van der Waals surface area contributed by atoms with Crippen LogP contribution in [-0.4, -0.2) is 60.4 Å². The number of fused-ring (bicyclic) bond motifs is 1. The SMILES string of the molecule is Cc1cc2c(c(NC(=O)NS(=O)(=O)c3ccn(C4CC(=C(F)F)C4)n3)c1-c1ccnc(OC3CN(C)C3)c1)CCC2. The average Bonchev–Trinajstić information content (AvgIpc) is 3.52. The Kier molecular flexibility index (Phi) is 7.02. The summed E-state index contributed by atoms with van der Waals surface area (Å²) >= 11 is 0. The number of sulfonamides is 1. The molecule has 6 rings (SSSR count). The summed E-state index contributed by atoms with van der Waals surface area (Å²) in [6.07, 6.45) is 4.19. The number of halogens is 2. The molecule has 1 saturated carbocycles. The van der Waals surface area contributed by atoms with Gasteiger partial charge in [-0.2, -0.15) is 22.3 Å². The number of hydrogen-bond donors (Lipinski definition) is 2. The van der Waals surface area contributed by atoms with Crippen LogP contribution in [0.25, 0.3) is 11.1 Å². The quantitative estimate of drug-likeness (QED) is 0.422. The van der Waals surface area contributed by atoms with E-state index < -0.39 is 22.1 Å². The van der Waals surface area contributed by atoms with Crippen molar-refractivity contribution in [2.45, 2.75) is 56.2 Å². The molecule has 3 aromatic rings. The predicted octanol–water partition coefficient (Wildman–Crippen LogP) is 4.43. The van der Waals surface area contributed by atoms with Crippen molar-refractivity contribution in [1.29, 1.82) is 0 Å². The Morgan fingerprint density at radius 3 is 2.66 bits per heavy atom. The maximum absolute atomic E-state index is 13.1. The zero-order chi connectivity index (χ0) is 28.9. The van der Waals surface area contributed by atoms with E-state index in [1.807, 2.05) is 26.1 Å². The molecule has 0 unspecified atom stereocenters. The lowest BCUT2D eigenvalue weighted by atomic mass is 9.87. The van der Waals surface area contributed by atoms with Crippen molar-refractivity contribution in [3.63, 3.8) is 0 Å². The molecule has 0 atom stereocenters. The number of nitrogens with zero attached hydrogens (tertiary/aromatic N) is 4. The van der Waals surface area contributed by atoms with Gasteiger partial charge in [0.25, 0.3) is 16.1 Å². The van der Waals surface area contributed by atoms with E-state index in [2.05, 4.69) is 31.1 Å². The lowest BCUT2D eigenvalue weighted by molar-refractivity contribution is 0.0356. The second-order valence-electron chi connectivity index (χ2n) is 10.9. The number of likely N-dealkylation sites (tertiary alicyclic amines) is 1. The fourth-order valence-corrected chi connectivity index (χ4v) is 6.59. The average molecular weight is 585 g/mol. The third-order valence-electron chi connectivity index (χ3n) is 7.87. The number of amides is 2. The second kappa shape index (κ2) is 10.5. The number of urea groups is 1. The minimum absolute atomic E-state index is 0.0393. The zero-order valence-electron chi connectivity index (χ0n) is 22.7. The van der Waals surface area contributed by atoms with E-state index in [1.165, 1.54) is 16.9 Å². The van der Waals surface area contributed by atoms with Gasteiger partial charge in [0.2, 0.25) is 5.88 Å². The van der Waals surface area contributed by atoms with Crippen molar-refractivity contribution in [3.05, 3.63) is 65.0 Å². The number of allylic oxidation sites excluding steroid dienone is 1. The molecule has 216 valence electrons. The van der Waals surface area contributed by atoms with Gasteiger partial charge < -0.3 is 10.1 Å². The monoisotopic (exact) mass is 584 g/mol. The van der Waals surface area contributed by atoms with E-state index in [9.17, 15) is 22.0 Å². The summed E-state index contributed by atoms with van der Waals surface area (Å²) in [6.45, 7) is 3.59. The van der Waals surface area contributed by atoms with Gasteiger partial charge in [0.1, 0.15) is 6.10 Å². The summed E-state index contributed by atoms with van der Waals surface area (Å²) < 4.78 is 60.9. The van der Waals surface area contributed by atoms with E-state index in [0.29, 0.717) is 11.6 Å². The second-order valence-corrected chi connectivity index (χ2v) is 12.5. The normalized spacial score (nSPS) is 18.8. The minimum Gasteiger partial charge on any atom is -0.472 e. The summed E-state index contributed by atoms with van der Waals surface area (Å²) in [4.78, 5) is 19.6. The number of carbonyl (C=O) groups is 1. The number of benzene rings is 1. The summed E-state index contributed by atoms with van der Waals surface area (Å²) in [5.74, 6) is 0.484. The number of ether oxygens (including phenoxy) is 1. The highest BCUT2D eigenvalue weighted by atomic mass is 32.2. The van der Waals surface area contributed by atoms with Gasteiger partial charge in [0.05, 0.1) is 11.7 Å². The van der Waals surface area contributed by atoms with Crippen LogP contribution in [-0.2, 0) is 22.9 Å². The Balaban J connectivity index is 1.23. The van der Waals surface area contributed by atoms with Crippen molar-refractivity contribution >= 4 is 21.7 Å². The fourth-order valence-electron chi connectivity index (χ4n) is 5.75. The van der Waals surface area contributed by atoms with Gasteiger partial charge in [0.15, 0.2) is 5.03 Å². The molecule has 1 aromatic carbocycles. The van der Waals surface area contributed by atoms with Gasteiger partial charge in [-0.3, -0.25) is 9.58 Å². The van der Waals surface area contributed by atoms with Crippen molar-refractivity contribution in [3.8, 4) is 17.0 Å². The van der Waals surface area contributed by atoms with E-state index in [4.69, 9.17) is 4.74 Å². The summed E-state index contributed by atoms with van der Waals surface area (Å²) in [7, 11) is -2.30. The first-order valence-electron chi connectivity index (χ1n) is 13.5. The highest BCUT2D eigenvalue weighted by Crippen LogP contribution is 2.41. The van der Waals surface area contributed by atoms with Crippen LogP contribution in [0.5, 0.6) is 5.88 Å². The Morgan fingerprint density at radius 1 is 1.15 bits per heavy atom. The molecule has 2 aromatic heterocycles. The number of aromatic nitrogens is 3. The first kappa shape index (κ1) is 27.3. The molecule has 0 radical (unpaired) electrons. The number of carbonyl (C=O) groups excluding carboxylic acids is 1. The van der Waals surface area contributed by atoms with Crippen molar-refractivity contribution in [2.75, 3.05) is 25.5 Å². The third kappa shape index (κ3) is 5.43. The Morgan fingerprint density at radius 2 is 1.93 bits per heavy atom. The number of nitrogens with one attached hydrogen (secondary N) is 2. The van der Waals surface area contributed by atoms with E-state index in [0.717, 1.165) is 60.2 Å². The standard InChI is InChI=1S/C28H30F2N6O4S/c1-16-10-17-4-3-5-22(17)26(25(16)18-6-8-31-23(13-18)40-21-14-35(2)15-21)32-28(37)34-41(38,39)24-7-9-36(33-24)20-11-19(12-20)27(29)30/h6-10,13,20-21H,3-5,11-12,14-15H2,1-2H3,(H2,32,34,37). The van der Waals surface area contributed by atoms with Crippen molar-refractivity contribution < 1.29 is 26.7 Å². The smallest absolute Gasteiger partial charge is 0.333 e. The van der Waals surface area contributed by atoms with Crippen LogP contribution in [0.3, 0.4) is 0 Å². The van der Waals surface area contributed by atoms with Gasteiger partial charge in [0, 0.05) is 37.1 Å². The van der Waals surface area contributed by atoms with Crippen LogP contribution in [0.15, 0.2) is 53.3 Å². The molecule has 3 aliphatic rings. The number of rotatable bonds is 7. The lowest BCUT2D eigenvalue weighted by Crippen LogP contribution is -2.51. The van der Waals surface area contributed by atoms with E-state index in [-0.39, 0.29) is 35.6 Å². The number of anilines is 1. The topological polar surface area (TPSA) is 118 Å². The van der Waals surface area contributed by atoms with Gasteiger partial charge in [-0.1, -0.05) is 6.07 Å². The van der Waals surface area contributed by atoms with Gasteiger partial charge >= 0.3 is 6.03 Å². The maximum Gasteiger partial charge on any atom is 0.333 e. The first-order valence-corrected chi connectivity index (χ1v) is 14.9. The Bertz CT molecular complexity index is 1650. The molecule has 10 nitrogen and oxygen atoms in total. The highest BCUT2D eigenvalue weighted by molar-refractivity contribution is 7.90. The van der Waals surface area contributed by atoms with E-state index >= 15 is 0 Å². The molecular formula is C28H30F2N6O4S. The molecular weight excluding hydrogens is 554 g/mol. The molecule has 2 fully saturated rings. The Hall–Kier alpha value is -3.84. The first-order chi connectivity index (χ1) is 19.6. The van der Waals surface area contributed by atoms with Crippen LogP contribution in [0.2, 0.25) is 0 Å². The number of aryl methyl sites for hydroxylation is 2. The summed E-state index contributed by atoms with van der Waals surface area (Å²) in [5.41, 5.74) is 5.18. The van der Waals surface area contributed by atoms with Crippen molar-refractivity contribution in [2.24, 2.45) is 0 Å². The highest BCUT2D eigenvalue weighted by Gasteiger charge is 2.31. The molecule has 0 bridgehead atoms. The summed E-state index contributed by atoms with van der Waals surface area (Å²) in [6, 6.07) is 5.77. The maximum atomic E-state index is 13.1. The van der Waals surface area contributed by atoms with Crippen LogP contribution < -0.4 is 14.8 Å². The van der Waals surface area contributed by atoms with Crippen LogP contribution in [0.4, 0.5) is 19.3 Å². The van der Waals surface area contributed by atoms with Gasteiger partial charge in [-0.15, -0.1) is 0 Å². The molecule has 2 aliphatic carbocycles. The van der Waals surface area contributed by atoms with E-state index in [1.54, 1.807) is 6.20 Å². The third-order valence-corrected chi connectivity index (χ3v) is 9.09. The molecule has 1 saturated heterocycles. The largest absolute Gasteiger partial charge is 0.472 e. The number of hydrogen-bond acceptors (Lipinski definition) is 7. The number of pyridine rings is 1. The number of likely N-dealkylation sites (N-methyl/N-ethyl adjacent to an activating group) is 1. The molecule has 0 spiro atoms. The molecule has 2 amide bonds. The zero-order valence-corrected chi connectivity index (χ0v) is 23.5. The lowest BCUT2D eigenvalue weighted by Gasteiger charge is -2.35. The van der Waals surface area contributed by atoms with Gasteiger partial charge in [-0.05, 0) is 86.0 Å². The minimum atomic E-state index is -4.32. The molecule has 1 aliphatic heterocycles. The van der Waals surface area contributed by atoms with Crippen LogP contribution in [0.1, 0.15) is 42.0 Å². The fraction of sp³-hybridized carbons (Fsp3) is 0.393. The molecule has 3 heterocycles. The van der Waals surface area contributed by atoms with Crippen LogP contribution >= 0.6 is 0 Å². The predicted molar refractivity (Wildman–Crippen MR) is 147 cm³/mol.